The van der Waals surface area contributed by atoms with E-state index in [0.717, 1.165) is 28.3 Å². The summed E-state index contributed by atoms with van der Waals surface area (Å²) in [6, 6.07) is 10.4. The number of Topliss-reactive ketones (excluding diaryl/α,β-unsaturated/α-hetero) is 1. The second-order valence-corrected chi connectivity index (χ2v) is 8.95. The fraction of sp³-hybridized carbons (Fsp3) is 0.360. The monoisotopic (exact) mass is 434 g/mol. The number of hydrogen-bond acceptors (Lipinski definition) is 5. The third kappa shape index (κ3) is 2.95. The maximum Gasteiger partial charge on any atom is 0.231 e. The number of rotatable bonds is 4. The van der Waals surface area contributed by atoms with Gasteiger partial charge in [-0.05, 0) is 55.4 Å². The van der Waals surface area contributed by atoms with Crippen molar-refractivity contribution in [2.24, 2.45) is 0 Å². The molecular formula is C25H23FN2O4. The minimum absolute atomic E-state index is 0.0441. The fourth-order valence-corrected chi connectivity index (χ4v) is 5.44. The maximum atomic E-state index is 14.7. The molecule has 0 saturated heterocycles. The largest absolute Gasteiger partial charge is 0.454 e. The molecule has 1 aliphatic carbocycles. The first kappa shape index (κ1) is 19.5. The van der Waals surface area contributed by atoms with E-state index in [0.29, 0.717) is 31.2 Å². The number of hydrogen-bond donors (Lipinski definition) is 1. The van der Waals surface area contributed by atoms with Crippen LogP contribution in [0.2, 0.25) is 0 Å². The van der Waals surface area contributed by atoms with Crippen LogP contribution in [0.5, 0.6) is 11.5 Å². The van der Waals surface area contributed by atoms with Crippen LogP contribution in [0.1, 0.15) is 55.2 Å². The average Bonchev–Trinajstić information content (AvgIpc) is 3.52. The molecule has 0 bridgehead atoms. The van der Waals surface area contributed by atoms with Gasteiger partial charge in [-0.25, -0.2) is 9.37 Å². The molecule has 3 aliphatic rings. The number of halogens is 1. The molecule has 6 nitrogen and oxygen atoms in total. The lowest BCUT2D eigenvalue weighted by Gasteiger charge is -2.35. The number of aliphatic hydroxyl groups is 1. The predicted molar refractivity (Wildman–Crippen MR) is 114 cm³/mol. The topological polar surface area (TPSA) is 73.6 Å². The van der Waals surface area contributed by atoms with Crippen molar-refractivity contribution in [3.05, 3.63) is 65.9 Å². The summed E-state index contributed by atoms with van der Waals surface area (Å²) in [6.07, 6.45) is 5.54. The number of aromatic nitrogens is 2. The molecule has 3 heterocycles. The third-order valence-electron chi connectivity index (χ3n) is 7.24. The molecule has 1 N–H and O–H groups in total. The van der Waals surface area contributed by atoms with Crippen molar-refractivity contribution in [1.29, 1.82) is 0 Å². The van der Waals surface area contributed by atoms with E-state index in [1.54, 1.807) is 18.6 Å². The minimum Gasteiger partial charge on any atom is -0.454 e. The van der Waals surface area contributed by atoms with Crippen LogP contribution in [-0.4, -0.2) is 32.8 Å². The van der Waals surface area contributed by atoms with Crippen molar-refractivity contribution in [3.63, 3.8) is 0 Å². The van der Waals surface area contributed by atoms with Crippen molar-refractivity contribution in [2.45, 2.75) is 49.7 Å². The zero-order chi connectivity index (χ0) is 21.9. The van der Waals surface area contributed by atoms with Crippen LogP contribution in [0.4, 0.5) is 4.39 Å². The van der Waals surface area contributed by atoms with Gasteiger partial charge in [0.05, 0.1) is 24.3 Å². The summed E-state index contributed by atoms with van der Waals surface area (Å²) in [7, 11) is 0. The fourth-order valence-electron chi connectivity index (χ4n) is 5.44. The van der Waals surface area contributed by atoms with E-state index in [1.807, 2.05) is 28.8 Å². The van der Waals surface area contributed by atoms with Gasteiger partial charge in [-0.1, -0.05) is 18.2 Å². The summed E-state index contributed by atoms with van der Waals surface area (Å²) in [5.74, 6) is 1.18. The van der Waals surface area contributed by atoms with Gasteiger partial charge in [0.25, 0.3) is 0 Å². The number of carbonyl (C=O) groups excluding carboxylic acids is 1. The summed E-state index contributed by atoms with van der Waals surface area (Å²) in [6.45, 7) is 0.237. The zero-order valence-corrected chi connectivity index (χ0v) is 17.5. The summed E-state index contributed by atoms with van der Waals surface area (Å²) in [4.78, 5) is 17.5. The molecule has 1 saturated carbocycles. The number of ketones is 1. The first-order valence-electron chi connectivity index (χ1n) is 11.0. The lowest BCUT2D eigenvalue weighted by atomic mass is 9.73. The summed E-state index contributed by atoms with van der Waals surface area (Å²) in [5, 5.41) is 11.2. The predicted octanol–water partition coefficient (Wildman–Crippen LogP) is 4.37. The first-order chi connectivity index (χ1) is 15.5. The second-order valence-electron chi connectivity index (χ2n) is 8.95. The lowest BCUT2D eigenvalue weighted by molar-refractivity contribution is -0.141. The van der Waals surface area contributed by atoms with Gasteiger partial charge in [0.1, 0.15) is 11.4 Å². The third-order valence-corrected chi connectivity index (χ3v) is 7.24. The Labute approximate surface area is 184 Å². The van der Waals surface area contributed by atoms with E-state index in [4.69, 9.17) is 9.47 Å². The SMILES string of the molecule is O=C(CC1c2c(F)cccc2-c2cncn21)C1(O)CCC(c2ccc3c(c2)OCO3)CC1. The summed E-state index contributed by atoms with van der Waals surface area (Å²) >= 11 is 0. The Kier molecular flexibility index (Phi) is 4.37. The van der Waals surface area contributed by atoms with Gasteiger partial charge in [-0.15, -0.1) is 0 Å². The number of nitrogens with zero attached hydrogens (tertiary/aromatic N) is 2. The molecule has 0 radical (unpaired) electrons. The van der Waals surface area contributed by atoms with Crippen molar-refractivity contribution in [1.82, 2.24) is 9.55 Å². The Bertz CT molecular complexity index is 1210. The van der Waals surface area contributed by atoms with Crippen LogP contribution in [0.25, 0.3) is 11.3 Å². The Hall–Kier alpha value is -3.19. The molecule has 2 aliphatic heterocycles. The molecular weight excluding hydrogens is 411 g/mol. The molecule has 32 heavy (non-hydrogen) atoms. The summed E-state index contributed by atoms with van der Waals surface area (Å²) < 4.78 is 27.4. The quantitative estimate of drug-likeness (QED) is 0.660. The summed E-state index contributed by atoms with van der Waals surface area (Å²) in [5.41, 5.74) is 1.82. The molecule has 3 aromatic rings. The Morgan fingerprint density at radius 3 is 2.84 bits per heavy atom. The number of carbonyl (C=O) groups is 1. The first-order valence-corrected chi connectivity index (χ1v) is 11.0. The van der Waals surface area contributed by atoms with E-state index in [9.17, 15) is 14.3 Å². The van der Waals surface area contributed by atoms with Gasteiger partial charge in [0.2, 0.25) is 6.79 Å². The highest BCUT2D eigenvalue weighted by atomic mass is 19.1. The van der Waals surface area contributed by atoms with Crippen molar-refractivity contribution < 1.29 is 23.8 Å². The molecule has 0 amide bonds. The second kappa shape index (κ2) is 7.17. The molecule has 1 fully saturated rings. The standard InChI is InChI=1S/C25H23FN2O4/c26-18-3-1-2-17-20-12-27-13-28(20)19(24(17)18)11-23(29)25(30)8-6-15(7-9-25)16-4-5-21-22(10-16)32-14-31-21/h1-5,10,12-13,15,19,30H,6-9,11,14H2. The molecule has 1 atom stereocenters. The molecule has 7 heteroatoms. The van der Waals surface area contributed by atoms with Crippen LogP contribution in [0.15, 0.2) is 48.9 Å². The van der Waals surface area contributed by atoms with Crippen LogP contribution in [0, 0.1) is 5.82 Å². The lowest BCUT2D eigenvalue weighted by Crippen LogP contribution is -2.42. The van der Waals surface area contributed by atoms with Crippen molar-refractivity contribution in [2.75, 3.05) is 6.79 Å². The van der Waals surface area contributed by atoms with Crippen LogP contribution in [0.3, 0.4) is 0 Å². The smallest absolute Gasteiger partial charge is 0.231 e. The van der Waals surface area contributed by atoms with Gasteiger partial charge in [-0.2, -0.15) is 0 Å². The van der Waals surface area contributed by atoms with Crippen LogP contribution >= 0.6 is 0 Å². The van der Waals surface area contributed by atoms with Crippen LogP contribution < -0.4 is 9.47 Å². The van der Waals surface area contributed by atoms with E-state index in [2.05, 4.69) is 4.98 Å². The van der Waals surface area contributed by atoms with Gasteiger partial charge in [0.15, 0.2) is 17.3 Å². The van der Waals surface area contributed by atoms with E-state index < -0.39 is 11.6 Å². The van der Waals surface area contributed by atoms with Crippen molar-refractivity contribution >= 4 is 5.78 Å². The molecule has 2 aromatic carbocycles. The number of imidazole rings is 1. The number of benzene rings is 2. The van der Waals surface area contributed by atoms with Crippen molar-refractivity contribution in [3.8, 4) is 22.8 Å². The number of ether oxygens (including phenoxy) is 2. The van der Waals surface area contributed by atoms with Gasteiger partial charge < -0.3 is 19.1 Å². The number of fused-ring (bicyclic) bond motifs is 4. The molecule has 164 valence electrons. The van der Waals surface area contributed by atoms with E-state index in [-0.39, 0.29) is 30.7 Å². The Balaban J connectivity index is 1.19. The molecule has 1 aromatic heterocycles. The van der Waals surface area contributed by atoms with Gasteiger partial charge in [0, 0.05) is 17.5 Å². The minimum atomic E-state index is -1.39. The molecule has 1 unspecified atom stereocenters. The van der Waals surface area contributed by atoms with Crippen LogP contribution in [-0.2, 0) is 4.79 Å². The normalized spacial score (nSPS) is 25.4. The highest BCUT2D eigenvalue weighted by Crippen LogP contribution is 2.46. The maximum absolute atomic E-state index is 14.7. The highest BCUT2D eigenvalue weighted by molar-refractivity contribution is 5.88. The molecule has 0 spiro atoms. The van der Waals surface area contributed by atoms with E-state index in [1.165, 1.54) is 6.07 Å². The Morgan fingerprint density at radius 1 is 1.19 bits per heavy atom. The molecule has 6 rings (SSSR count). The Morgan fingerprint density at radius 2 is 2.00 bits per heavy atom. The average molecular weight is 434 g/mol. The zero-order valence-electron chi connectivity index (χ0n) is 17.5. The van der Waals surface area contributed by atoms with Gasteiger partial charge >= 0.3 is 0 Å². The highest BCUT2D eigenvalue weighted by Gasteiger charge is 2.43. The van der Waals surface area contributed by atoms with Gasteiger partial charge in [-0.3, -0.25) is 4.79 Å². The van der Waals surface area contributed by atoms with E-state index >= 15 is 0 Å².